The molecule has 0 bridgehead atoms. The number of aromatic nitrogens is 2. The highest BCUT2D eigenvalue weighted by atomic mass is 15.3. The summed E-state index contributed by atoms with van der Waals surface area (Å²) < 4.78 is 0. The molecule has 172 valence electrons. The molecule has 0 spiro atoms. The Balaban J connectivity index is 1.35. The van der Waals surface area contributed by atoms with Crippen LogP contribution in [0.3, 0.4) is 0 Å². The minimum atomic E-state index is 0.429. The first-order valence-corrected chi connectivity index (χ1v) is 13.0. The van der Waals surface area contributed by atoms with Crippen LogP contribution in [0.5, 0.6) is 0 Å². The number of likely N-dealkylation sites (tertiary alicyclic amines) is 2. The number of hydrogen-bond acceptors (Lipinski definition) is 6. The molecule has 0 aliphatic carbocycles. The Morgan fingerprint density at radius 1 is 0.710 bits per heavy atom. The third-order valence-electron chi connectivity index (χ3n) is 8.03. The summed E-state index contributed by atoms with van der Waals surface area (Å²) in [4.78, 5) is 20.7. The molecule has 0 amide bonds. The number of anilines is 2. The van der Waals surface area contributed by atoms with Crippen LogP contribution in [-0.4, -0.2) is 84.2 Å². The van der Waals surface area contributed by atoms with Crippen molar-refractivity contribution < 1.29 is 0 Å². The van der Waals surface area contributed by atoms with Gasteiger partial charge in [0.2, 0.25) is 5.95 Å². The Labute approximate surface area is 189 Å². The van der Waals surface area contributed by atoms with Gasteiger partial charge in [0.25, 0.3) is 0 Å². The maximum atomic E-state index is 5.19. The van der Waals surface area contributed by atoms with E-state index >= 15 is 0 Å². The minimum absolute atomic E-state index is 0.429. The van der Waals surface area contributed by atoms with Gasteiger partial charge in [0.1, 0.15) is 5.82 Å². The van der Waals surface area contributed by atoms with Crippen LogP contribution < -0.4 is 9.80 Å². The molecule has 0 N–H and O–H groups in total. The van der Waals surface area contributed by atoms with Crippen LogP contribution >= 0.6 is 0 Å². The molecule has 4 aliphatic rings. The van der Waals surface area contributed by atoms with Crippen molar-refractivity contribution in [2.45, 2.75) is 83.2 Å². The molecule has 0 aromatic carbocycles. The summed E-state index contributed by atoms with van der Waals surface area (Å²) in [7, 11) is 0. The topological polar surface area (TPSA) is 38.7 Å². The summed E-state index contributed by atoms with van der Waals surface area (Å²) in [6.07, 6.45) is 10.7. The van der Waals surface area contributed by atoms with Crippen molar-refractivity contribution in [1.82, 2.24) is 19.8 Å². The number of piperidine rings is 2. The molecule has 0 radical (unpaired) electrons. The van der Waals surface area contributed by atoms with Crippen LogP contribution in [0.25, 0.3) is 0 Å². The fourth-order valence-corrected chi connectivity index (χ4v) is 6.15. The Morgan fingerprint density at radius 2 is 1.26 bits per heavy atom. The van der Waals surface area contributed by atoms with Gasteiger partial charge in [-0.25, -0.2) is 4.98 Å². The van der Waals surface area contributed by atoms with Gasteiger partial charge in [-0.1, -0.05) is 13.8 Å². The Hall–Kier alpha value is -1.40. The monoisotopic (exact) mass is 426 g/mol. The first-order valence-electron chi connectivity index (χ1n) is 13.0. The third kappa shape index (κ3) is 4.85. The number of hydrogen-bond donors (Lipinski definition) is 0. The highest BCUT2D eigenvalue weighted by Crippen LogP contribution is 2.29. The van der Waals surface area contributed by atoms with E-state index in [1.807, 2.05) is 0 Å². The summed E-state index contributed by atoms with van der Waals surface area (Å²) >= 11 is 0. The van der Waals surface area contributed by atoms with Gasteiger partial charge in [0, 0.05) is 44.3 Å². The van der Waals surface area contributed by atoms with Gasteiger partial charge in [0.05, 0.1) is 5.69 Å². The van der Waals surface area contributed by atoms with Gasteiger partial charge in [-0.2, -0.15) is 4.98 Å². The predicted octanol–water partition coefficient (Wildman–Crippen LogP) is 3.73. The standard InChI is InChI=1S/C25H42N6/c1-20(2)23-17-24(30-15-7-9-21(18-30)28-11-3-4-12-28)27-25(26-23)31-16-8-10-22(19-31)29-13-5-6-14-29/h17,20-22H,3-16,18-19H2,1-2H3/t21-,22+/m0/s1. The molecule has 6 heteroatoms. The molecular weight excluding hydrogens is 384 g/mol. The van der Waals surface area contributed by atoms with Crippen LogP contribution in [0.15, 0.2) is 6.07 Å². The van der Waals surface area contributed by atoms with Crippen LogP contribution in [0.4, 0.5) is 11.8 Å². The highest BCUT2D eigenvalue weighted by Gasteiger charge is 2.31. The number of nitrogens with zero attached hydrogens (tertiary/aromatic N) is 6. The molecule has 1 aromatic heterocycles. The molecular formula is C25H42N6. The summed E-state index contributed by atoms with van der Waals surface area (Å²) in [5.41, 5.74) is 1.20. The lowest BCUT2D eigenvalue weighted by molar-refractivity contribution is 0.214. The Morgan fingerprint density at radius 3 is 1.84 bits per heavy atom. The van der Waals surface area contributed by atoms with E-state index in [1.54, 1.807) is 0 Å². The van der Waals surface area contributed by atoms with Crippen LogP contribution in [0.1, 0.15) is 76.8 Å². The van der Waals surface area contributed by atoms with Crippen LogP contribution in [-0.2, 0) is 0 Å². The van der Waals surface area contributed by atoms with E-state index in [2.05, 4.69) is 39.5 Å². The molecule has 6 nitrogen and oxygen atoms in total. The zero-order valence-corrected chi connectivity index (χ0v) is 19.8. The van der Waals surface area contributed by atoms with Crippen molar-refractivity contribution >= 4 is 11.8 Å². The van der Waals surface area contributed by atoms with Crippen molar-refractivity contribution in [3.8, 4) is 0 Å². The lowest BCUT2D eigenvalue weighted by atomic mass is 10.0. The molecule has 31 heavy (non-hydrogen) atoms. The summed E-state index contributed by atoms with van der Waals surface area (Å²) in [5, 5.41) is 0. The predicted molar refractivity (Wildman–Crippen MR) is 128 cm³/mol. The van der Waals surface area contributed by atoms with Gasteiger partial charge >= 0.3 is 0 Å². The van der Waals surface area contributed by atoms with Crippen molar-refractivity contribution in [3.63, 3.8) is 0 Å². The van der Waals surface area contributed by atoms with Crippen LogP contribution in [0, 0.1) is 0 Å². The van der Waals surface area contributed by atoms with E-state index in [0.717, 1.165) is 32.1 Å². The molecule has 0 saturated carbocycles. The van der Waals surface area contributed by atoms with E-state index in [9.17, 15) is 0 Å². The maximum Gasteiger partial charge on any atom is 0.227 e. The SMILES string of the molecule is CC(C)c1cc(N2CCC[C@H](N3CCCC3)C2)nc(N2CCC[C@@H](N3CCCC3)C2)n1. The van der Waals surface area contributed by atoms with Crippen molar-refractivity contribution in [2.75, 3.05) is 62.2 Å². The van der Waals surface area contributed by atoms with E-state index in [0.29, 0.717) is 18.0 Å². The van der Waals surface area contributed by atoms with E-state index in [4.69, 9.17) is 9.97 Å². The molecule has 2 atom stereocenters. The fraction of sp³-hybridized carbons (Fsp3) is 0.840. The first-order chi connectivity index (χ1) is 15.2. The van der Waals surface area contributed by atoms with Crippen LogP contribution in [0.2, 0.25) is 0 Å². The summed E-state index contributed by atoms with van der Waals surface area (Å²) in [6, 6.07) is 3.66. The zero-order chi connectivity index (χ0) is 21.2. The van der Waals surface area contributed by atoms with Gasteiger partial charge in [0.15, 0.2) is 0 Å². The molecule has 5 rings (SSSR count). The molecule has 1 aromatic rings. The largest absolute Gasteiger partial charge is 0.355 e. The quantitative estimate of drug-likeness (QED) is 0.714. The third-order valence-corrected chi connectivity index (χ3v) is 8.03. The molecule has 0 unspecified atom stereocenters. The van der Waals surface area contributed by atoms with E-state index < -0.39 is 0 Å². The second-order valence-corrected chi connectivity index (χ2v) is 10.6. The van der Waals surface area contributed by atoms with Gasteiger partial charge in [-0.05, 0) is 83.5 Å². The molecule has 4 aliphatic heterocycles. The average Bonchev–Trinajstić information content (AvgIpc) is 3.53. The smallest absolute Gasteiger partial charge is 0.227 e. The maximum absolute atomic E-state index is 5.19. The number of rotatable bonds is 5. The Bertz CT molecular complexity index is 670. The van der Waals surface area contributed by atoms with E-state index in [1.165, 1.54) is 89.1 Å². The van der Waals surface area contributed by atoms with Gasteiger partial charge in [-0.15, -0.1) is 0 Å². The zero-order valence-electron chi connectivity index (χ0n) is 19.8. The minimum Gasteiger partial charge on any atom is -0.355 e. The molecule has 4 fully saturated rings. The van der Waals surface area contributed by atoms with E-state index in [-0.39, 0.29) is 0 Å². The molecule has 5 heterocycles. The summed E-state index contributed by atoms with van der Waals surface area (Å²) in [5.74, 6) is 2.58. The second-order valence-electron chi connectivity index (χ2n) is 10.6. The Kier molecular flexibility index (Phi) is 6.65. The van der Waals surface area contributed by atoms with Gasteiger partial charge < -0.3 is 9.80 Å². The lowest BCUT2D eigenvalue weighted by Gasteiger charge is -2.40. The first kappa shape index (κ1) is 21.4. The molecule has 4 saturated heterocycles. The normalized spacial score (nSPS) is 28.7. The van der Waals surface area contributed by atoms with Crippen molar-refractivity contribution in [2.24, 2.45) is 0 Å². The second kappa shape index (κ2) is 9.62. The lowest BCUT2D eigenvalue weighted by Crippen LogP contribution is -2.48. The van der Waals surface area contributed by atoms with Crippen molar-refractivity contribution in [3.05, 3.63) is 11.8 Å². The highest BCUT2D eigenvalue weighted by molar-refractivity contribution is 5.47. The van der Waals surface area contributed by atoms with Gasteiger partial charge in [-0.3, -0.25) is 9.80 Å². The fourth-order valence-electron chi connectivity index (χ4n) is 6.15. The average molecular weight is 427 g/mol. The summed E-state index contributed by atoms with van der Waals surface area (Å²) in [6.45, 7) is 14.1. The van der Waals surface area contributed by atoms with Crippen molar-refractivity contribution in [1.29, 1.82) is 0 Å².